The van der Waals surface area contributed by atoms with Crippen LogP contribution in [-0.4, -0.2) is 5.91 Å². The predicted octanol–water partition coefficient (Wildman–Crippen LogP) is 3.86. The largest absolute Gasteiger partial charge is 0.454 e. The minimum Gasteiger partial charge on any atom is -0.454 e. The van der Waals surface area contributed by atoms with Crippen LogP contribution in [0.4, 0.5) is 5.69 Å². The maximum atomic E-state index is 11.9. The predicted molar refractivity (Wildman–Crippen MR) is 75.7 cm³/mol. The van der Waals surface area contributed by atoms with Gasteiger partial charge in [0, 0.05) is 15.7 Å². The standard InChI is InChI=1S/C13H12Cl2N2O2/c1-7(16)11-2-3-12(19-11)13(18)17-10-5-8(14)4-9(15)6-10/h2-7H,16H2,1H3,(H,17,18). The minimum absolute atomic E-state index is 0.184. The van der Waals surface area contributed by atoms with Gasteiger partial charge in [0.05, 0.1) is 6.04 Å². The Morgan fingerprint density at radius 3 is 2.42 bits per heavy atom. The summed E-state index contributed by atoms with van der Waals surface area (Å²) in [5.74, 6) is 0.350. The van der Waals surface area contributed by atoms with Crippen LogP contribution in [0.5, 0.6) is 0 Å². The van der Waals surface area contributed by atoms with Crippen LogP contribution in [-0.2, 0) is 0 Å². The van der Waals surface area contributed by atoms with Crippen molar-refractivity contribution < 1.29 is 9.21 Å². The third-order valence-electron chi connectivity index (χ3n) is 2.42. The van der Waals surface area contributed by atoms with Crippen molar-refractivity contribution in [2.24, 2.45) is 5.73 Å². The van der Waals surface area contributed by atoms with Gasteiger partial charge >= 0.3 is 0 Å². The second-order valence-electron chi connectivity index (χ2n) is 4.10. The van der Waals surface area contributed by atoms with Crippen LogP contribution in [0, 0.1) is 0 Å². The van der Waals surface area contributed by atoms with Gasteiger partial charge in [-0.25, -0.2) is 0 Å². The van der Waals surface area contributed by atoms with Crippen molar-refractivity contribution in [3.8, 4) is 0 Å². The number of nitrogens with one attached hydrogen (secondary N) is 1. The van der Waals surface area contributed by atoms with Gasteiger partial charge in [0.15, 0.2) is 5.76 Å². The number of halogens is 2. The van der Waals surface area contributed by atoms with Crippen molar-refractivity contribution in [1.29, 1.82) is 0 Å². The molecule has 4 nitrogen and oxygen atoms in total. The van der Waals surface area contributed by atoms with Crippen molar-refractivity contribution in [1.82, 2.24) is 0 Å². The summed E-state index contributed by atoms with van der Waals surface area (Å²) in [7, 11) is 0. The Balaban J connectivity index is 2.15. The van der Waals surface area contributed by atoms with Gasteiger partial charge in [-0.05, 0) is 37.3 Å². The third-order valence-corrected chi connectivity index (χ3v) is 2.86. The summed E-state index contributed by atoms with van der Waals surface area (Å²) >= 11 is 11.7. The molecule has 1 unspecified atom stereocenters. The molecule has 0 bridgehead atoms. The Bertz CT molecular complexity index is 588. The van der Waals surface area contributed by atoms with Crippen molar-refractivity contribution >= 4 is 34.8 Å². The van der Waals surface area contributed by atoms with Crippen LogP contribution in [0.15, 0.2) is 34.7 Å². The van der Waals surface area contributed by atoms with Gasteiger partial charge in [0.2, 0.25) is 0 Å². The molecule has 100 valence electrons. The fourth-order valence-corrected chi connectivity index (χ4v) is 2.06. The molecule has 1 atom stereocenters. The quantitative estimate of drug-likeness (QED) is 0.904. The van der Waals surface area contributed by atoms with E-state index in [1.165, 1.54) is 0 Å². The summed E-state index contributed by atoms with van der Waals surface area (Å²) in [4.78, 5) is 11.9. The highest BCUT2D eigenvalue weighted by atomic mass is 35.5. The Morgan fingerprint density at radius 2 is 1.89 bits per heavy atom. The van der Waals surface area contributed by atoms with E-state index in [2.05, 4.69) is 5.32 Å². The van der Waals surface area contributed by atoms with Crippen LogP contribution in [0.2, 0.25) is 10.0 Å². The van der Waals surface area contributed by atoms with Gasteiger partial charge in [-0.15, -0.1) is 0 Å². The lowest BCUT2D eigenvalue weighted by molar-refractivity contribution is 0.0994. The molecule has 0 aliphatic carbocycles. The summed E-state index contributed by atoms with van der Waals surface area (Å²) in [6.07, 6.45) is 0. The van der Waals surface area contributed by atoms with Crippen LogP contribution in [0.1, 0.15) is 29.3 Å². The summed E-state index contributed by atoms with van der Waals surface area (Å²) in [5, 5.41) is 3.54. The molecule has 0 aliphatic heterocycles. The number of benzene rings is 1. The van der Waals surface area contributed by atoms with Gasteiger partial charge < -0.3 is 15.5 Å². The van der Waals surface area contributed by atoms with E-state index in [0.717, 1.165) is 0 Å². The normalized spacial score (nSPS) is 12.2. The molecule has 1 heterocycles. The van der Waals surface area contributed by atoms with Crippen molar-refractivity contribution in [2.45, 2.75) is 13.0 Å². The van der Waals surface area contributed by atoms with Crippen LogP contribution in [0.25, 0.3) is 0 Å². The van der Waals surface area contributed by atoms with E-state index in [1.54, 1.807) is 37.3 Å². The molecule has 2 aromatic rings. The highest BCUT2D eigenvalue weighted by Crippen LogP contribution is 2.23. The lowest BCUT2D eigenvalue weighted by atomic mass is 10.3. The van der Waals surface area contributed by atoms with E-state index < -0.39 is 0 Å². The molecule has 1 aromatic heterocycles. The van der Waals surface area contributed by atoms with E-state index in [4.69, 9.17) is 33.4 Å². The molecule has 1 aromatic carbocycles. The molecular formula is C13H12Cl2N2O2. The molecule has 0 fully saturated rings. The van der Waals surface area contributed by atoms with E-state index in [1.807, 2.05) is 0 Å². The minimum atomic E-state index is -0.384. The third kappa shape index (κ3) is 3.50. The average molecular weight is 299 g/mol. The molecule has 3 N–H and O–H groups in total. The lowest BCUT2D eigenvalue weighted by Gasteiger charge is -2.05. The molecule has 0 radical (unpaired) electrons. The monoisotopic (exact) mass is 298 g/mol. The number of rotatable bonds is 3. The summed E-state index contributed by atoms with van der Waals surface area (Å²) < 4.78 is 5.34. The maximum Gasteiger partial charge on any atom is 0.291 e. The first kappa shape index (κ1) is 13.9. The van der Waals surface area contributed by atoms with Gasteiger partial charge in [-0.1, -0.05) is 23.2 Å². The van der Waals surface area contributed by atoms with Gasteiger partial charge in [0.1, 0.15) is 5.76 Å². The maximum absolute atomic E-state index is 11.9. The fourth-order valence-electron chi connectivity index (χ4n) is 1.54. The number of furan rings is 1. The Labute approximate surface area is 120 Å². The molecule has 1 amide bonds. The van der Waals surface area contributed by atoms with Gasteiger partial charge in [0.25, 0.3) is 5.91 Å². The summed E-state index contributed by atoms with van der Waals surface area (Å²) in [6.45, 7) is 1.78. The van der Waals surface area contributed by atoms with Crippen molar-refractivity contribution in [2.75, 3.05) is 5.32 Å². The van der Waals surface area contributed by atoms with Crippen molar-refractivity contribution in [3.63, 3.8) is 0 Å². The summed E-state index contributed by atoms with van der Waals surface area (Å²) in [5.41, 5.74) is 6.16. The second kappa shape index (κ2) is 5.65. The smallest absolute Gasteiger partial charge is 0.291 e. The molecular weight excluding hydrogens is 287 g/mol. The zero-order valence-electron chi connectivity index (χ0n) is 10.1. The van der Waals surface area contributed by atoms with Gasteiger partial charge in [-0.3, -0.25) is 4.79 Å². The highest BCUT2D eigenvalue weighted by Gasteiger charge is 2.13. The average Bonchev–Trinajstić information content (AvgIpc) is 2.76. The zero-order valence-corrected chi connectivity index (χ0v) is 11.6. The lowest BCUT2D eigenvalue weighted by Crippen LogP contribution is -2.11. The Kier molecular flexibility index (Phi) is 4.14. The second-order valence-corrected chi connectivity index (χ2v) is 4.98. The van der Waals surface area contributed by atoms with E-state index >= 15 is 0 Å². The zero-order chi connectivity index (χ0) is 14.0. The number of carbonyl (C=O) groups excluding carboxylic acids is 1. The Morgan fingerprint density at radius 1 is 1.26 bits per heavy atom. The Hall–Kier alpha value is -1.49. The van der Waals surface area contributed by atoms with Crippen LogP contribution < -0.4 is 11.1 Å². The van der Waals surface area contributed by atoms with E-state index in [0.29, 0.717) is 21.5 Å². The first-order valence-electron chi connectivity index (χ1n) is 5.58. The first-order valence-corrected chi connectivity index (χ1v) is 6.34. The number of anilines is 1. The number of hydrogen-bond donors (Lipinski definition) is 2. The van der Waals surface area contributed by atoms with E-state index in [9.17, 15) is 4.79 Å². The molecule has 2 rings (SSSR count). The van der Waals surface area contributed by atoms with Crippen LogP contribution in [0.3, 0.4) is 0 Å². The molecule has 19 heavy (non-hydrogen) atoms. The van der Waals surface area contributed by atoms with Gasteiger partial charge in [-0.2, -0.15) is 0 Å². The molecule has 0 spiro atoms. The number of carbonyl (C=O) groups is 1. The van der Waals surface area contributed by atoms with E-state index in [-0.39, 0.29) is 17.7 Å². The number of amides is 1. The number of nitrogens with two attached hydrogens (primary N) is 1. The van der Waals surface area contributed by atoms with Crippen LogP contribution >= 0.6 is 23.2 Å². The molecule has 6 heteroatoms. The number of hydrogen-bond acceptors (Lipinski definition) is 3. The highest BCUT2D eigenvalue weighted by molar-refractivity contribution is 6.35. The first-order chi connectivity index (χ1) is 8.95. The summed E-state index contributed by atoms with van der Waals surface area (Å²) in [6, 6.07) is 7.76. The molecule has 0 saturated carbocycles. The fraction of sp³-hybridized carbons (Fsp3) is 0.154. The SMILES string of the molecule is CC(N)c1ccc(C(=O)Nc2cc(Cl)cc(Cl)c2)o1. The van der Waals surface area contributed by atoms with Crippen molar-refractivity contribution in [3.05, 3.63) is 51.9 Å². The topological polar surface area (TPSA) is 68.3 Å². The molecule has 0 saturated heterocycles. The molecule has 0 aliphatic rings.